The van der Waals surface area contributed by atoms with E-state index in [0.29, 0.717) is 17.0 Å². The summed E-state index contributed by atoms with van der Waals surface area (Å²) < 4.78 is 0. The molecule has 5 aromatic rings. The predicted octanol–water partition coefficient (Wildman–Crippen LogP) is 8.01. The van der Waals surface area contributed by atoms with Crippen molar-refractivity contribution in [1.29, 1.82) is 0 Å². The monoisotopic (exact) mass is 518 g/mol. The molecular formula is C31H22N2O2S2. The van der Waals surface area contributed by atoms with Gasteiger partial charge in [-0.25, -0.2) is 0 Å². The van der Waals surface area contributed by atoms with E-state index in [9.17, 15) is 9.59 Å². The highest BCUT2D eigenvalue weighted by atomic mass is 32.2. The molecule has 0 atom stereocenters. The summed E-state index contributed by atoms with van der Waals surface area (Å²) >= 11 is 3.17. The minimum Gasteiger partial charge on any atom is -0.322 e. The number of rotatable bonds is 5. The Labute approximate surface area is 223 Å². The maximum atomic E-state index is 13.4. The first-order valence-electron chi connectivity index (χ1n) is 11.9. The van der Waals surface area contributed by atoms with Gasteiger partial charge >= 0.3 is 0 Å². The molecule has 180 valence electrons. The van der Waals surface area contributed by atoms with Gasteiger partial charge in [-0.1, -0.05) is 66.4 Å². The molecule has 37 heavy (non-hydrogen) atoms. The summed E-state index contributed by atoms with van der Waals surface area (Å²) in [7, 11) is 0. The van der Waals surface area contributed by atoms with E-state index in [4.69, 9.17) is 0 Å². The highest BCUT2D eigenvalue weighted by Crippen LogP contribution is 2.48. The third kappa shape index (κ3) is 4.86. The van der Waals surface area contributed by atoms with Crippen LogP contribution in [0.1, 0.15) is 10.4 Å². The van der Waals surface area contributed by atoms with Gasteiger partial charge in [-0.2, -0.15) is 0 Å². The number of para-hydroxylation sites is 2. The maximum Gasteiger partial charge on any atom is 0.255 e. The van der Waals surface area contributed by atoms with E-state index in [-0.39, 0.29) is 11.8 Å². The molecule has 2 amide bonds. The fraction of sp³-hybridized carbons (Fsp3) is 0.0323. The van der Waals surface area contributed by atoms with Gasteiger partial charge in [-0.15, -0.1) is 11.8 Å². The van der Waals surface area contributed by atoms with Crippen molar-refractivity contribution >= 4 is 63.2 Å². The van der Waals surface area contributed by atoms with Crippen LogP contribution in [0.2, 0.25) is 0 Å². The van der Waals surface area contributed by atoms with Gasteiger partial charge in [0.05, 0.1) is 17.1 Å². The normalized spacial score (nSPS) is 12.1. The number of carbonyl (C=O) groups is 2. The molecule has 6 rings (SSSR count). The van der Waals surface area contributed by atoms with Crippen molar-refractivity contribution in [2.75, 3.05) is 16.0 Å². The fourth-order valence-electron chi connectivity index (χ4n) is 4.35. The van der Waals surface area contributed by atoms with E-state index >= 15 is 0 Å². The Hall–Kier alpha value is -4.00. The lowest BCUT2D eigenvalue weighted by Crippen LogP contribution is -2.29. The van der Waals surface area contributed by atoms with Gasteiger partial charge in [-0.05, 0) is 71.4 Å². The van der Waals surface area contributed by atoms with E-state index in [1.165, 1.54) is 11.8 Å². The Balaban J connectivity index is 1.13. The van der Waals surface area contributed by atoms with Crippen LogP contribution in [0.5, 0.6) is 0 Å². The quantitative estimate of drug-likeness (QED) is 0.239. The molecule has 1 heterocycles. The van der Waals surface area contributed by atoms with Crippen LogP contribution in [0.3, 0.4) is 0 Å². The number of fused-ring (bicyclic) bond motifs is 3. The molecule has 1 aliphatic heterocycles. The first-order valence-corrected chi connectivity index (χ1v) is 13.7. The molecule has 0 saturated carbocycles. The third-order valence-electron chi connectivity index (χ3n) is 6.17. The Morgan fingerprint density at radius 2 is 1.32 bits per heavy atom. The second-order valence-corrected chi connectivity index (χ2v) is 10.7. The molecule has 0 radical (unpaired) electrons. The number of anilines is 3. The molecule has 5 aromatic carbocycles. The number of nitrogens with zero attached hydrogens (tertiary/aromatic N) is 1. The van der Waals surface area contributed by atoms with E-state index in [0.717, 1.165) is 36.8 Å². The van der Waals surface area contributed by atoms with Crippen molar-refractivity contribution in [2.24, 2.45) is 0 Å². The molecule has 1 N–H and O–H groups in total. The largest absolute Gasteiger partial charge is 0.322 e. The zero-order valence-electron chi connectivity index (χ0n) is 19.8. The first kappa shape index (κ1) is 23.4. The number of thioether (sulfide) groups is 1. The van der Waals surface area contributed by atoms with Crippen molar-refractivity contribution in [3.8, 4) is 0 Å². The molecule has 0 saturated heterocycles. The summed E-state index contributed by atoms with van der Waals surface area (Å²) in [5.41, 5.74) is 3.17. The van der Waals surface area contributed by atoms with Gasteiger partial charge < -0.3 is 5.32 Å². The number of carbonyl (C=O) groups excluding carboxylic acids is 2. The molecule has 0 spiro atoms. The Kier molecular flexibility index (Phi) is 6.43. The fourth-order valence-corrected chi connectivity index (χ4v) is 6.16. The van der Waals surface area contributed by atoms with Crippen LogP contribution in [0, 0.1) is 0 Å². The number of hydrogen-bond donors (Lipinski definition) is 1. The molecule has 0 unspecified atom stereocenters. The highest BCUT2D eigenvalue weighted by molar-refractivity contribution is 8.00. The number of nitrogens with one attached hydrogen (secondary N) is 1. The second-order valence-electron chi connectivity index (χ2n) is 8.60. The van der Waals surface area contributed by atoms with Gasteiger partial charge in [0.25, 0.3) is 5.91 Å². The molecular weight excluding hydrogens is 496 g/mol. The van der Waals surface area contributed by atoms with Crippen LogP contribution in [-0.4, -0.2) is 17.6 Å². The lowest BCUT2D eigenvalue weighted by molar-refractivity contribution is -0.115. The Morgan fingerprint density at radius 1 is 0.703 bits per heavy atom. The lowest BCUT2D eigenvalue weighted by Gasteiger charge is -2.31. The van der Waals surface area contributed by atoms with Crippen LogP contribution in [-0.2, 0) is 4.79 Å². The number of benzene rings is 5. The zero-order chi connectivity index (χ0) is 25.2. The van der Waals surface area contributed by atoms with Gasteiger partial charge in [0.15, 0.2) is 0 Å². The Bertz CT molecular complexity index is 1590. The van der Waals surface area contributed by atoms with Crippen molar-refractivity contribution in [2.45, 2.75) is 14.7 Å². The SMILES string of the molecule is O=C(Nc1ccc(SCC(=O)N2c3ccccc3Sc3ccccc32)cc1)c1ccc2ccccc2c1. The van der Waals surface area contributed by atoms with Crippen LogP contribution >= 0.6 is 23.5 Å². The van der Waals surface area contributed by atoms with E-state index in [2.05, 4.69) is 5.32 Å². The highest BCUT2D eigenvalue weighted by Gasteiger charge is 2.27. The standard InChI is InChI=1S/C31H22N2O2S2/c34-30(33-26-9-3-5-11-28(26)37-29-12-6-4-10-27(29)33)20-36-25-17-15-24(16-18-25)32-31(35)23-14-13-21-7-1-2-8-22(21)19-23/h1-19H,20H2,(H,32,35). The summed E-state index contributed by atoms with van der Waals surface area (Å²) in [6.45, 7) is 0. The minimum absolute atomic E-state index is 0.0267. The van der Waals surface area contributed by atoms with Crippen molar-refractivity contribution < 1.29 is 9.59 Å². The summed E-state index contributed by atoms with van der Waals surface area (Å²) in [5.74, 6) is 0.177. The average Bonchev–Trinajstić information content (AvgIpc) is 2.95. The lowest BCUT2D eigenvalue weighted by atomic mass is 10.1. The predicted molar refractivity (Wildman–Crippen MR) is 153 cm³/mol. The molecule has 4 nitrogen and oxygen atoms in total. The summed E-state index contributed by atoms with van der Waals surface area (Å²) in [6, 6.07) is 37.3. The van der Waals surface area contributed by atoms with Crippen molar-refractivity contribution in [1.82, 2.24) is 0 Å². The molecule has 6 heteroatoms. The molecule has 0 bridgehead atoms. The van der Waals surface area contributed by atoms with Gasteiger partial charge in [0.2, 0.25) is 5.91 Å². The van der Waals surface area contributed by atoms with Gasteiger partial charge in [0, 0.05) is 25.9 Å². The minimum atomic E-state index is -0.151. The van der Waals surface area contributed by atoms with Crippen LogP contribution in [0.4, 0.5) is 17.1 Å². The molecule has 0 aromatic heterocycles. The Morgan fingerprint density at radius 3 is 2.03 bits per heavy atom. The first-order chi connectivity index (χ1) is 18.2. The summed E-state index contributed by atoms with van der Waals surface area (Å²) in [4.78, 5) is 31.1. The number of hydrogen-bond acceptors (Lipinski definition) is 4. The van der Waals surface area contributed by atoms with Gasteiger partial charge in [-0.3, -0.25) is 14.5 Å². The van der Waals surface area contributed by atoms with E-state index in [1.54, 1.807) is 11.8 Å². The smallest absolute Gasteiger partial charge is 0.255 e. The third-order valence-corrected chi connectivity index (χ3v) is 8.29. The molecule has 0 aliphatic carbocycles. The number of amides is 2. The van der Waals surface area contributed by atoms with Crippen molar-refractivity contribution in [3.05, 3.63) is 121 Å². The van der Waals surface area contributed by atoms with Crippen LogP contribution in [0.25, 0.3) is 10.8 Å². The summed E-state index contributed by atoms with van der Waals surface area (Å²) in [5, 5.41) is 5.10. The second kappa shape index (κ2) is 10.2. The topological polar surface area (TPSA) is 49.4 Å². The van der Waals surface area contributed by atoms with Crippen LogP contribution < -0.4 is 10.2 Å². The molecule has 0 fully saturated rings. The zero-order valence-corrected chi connectivity index (χ0v) is 21.4. The maximum absolute atomic E-state index is 13.4. The molecule has 1 aliphatic rings. The van der Waals surface area contributed by atoms with Gasteiger partial charge in [0.1, 0.15) is 0 Å². The van der Waals surface area contributed by atoms with E-state index in [1.807, 2.05) is 120 Å². The summed E-state index contributed by atoms with van der Waals surface area (Å²) in [6.07, 6.45) is 0. The van der Waals surface area contributed by atoms with Crippen molar-refractivity contribution in [3.63, 3.8) is 0 Å². The van der Waals surface area contributed by atoms with E-state index < -0.39 is 0 Å². The van der Waals surface area contributed by atoms with Crippen LogP contribution in [0.15, 0.2) is 130 Å². The average molecular weight is 519 g/mol.